The van der Waals surface area contributed by atoms with E-state index in [-0.39, 0.29) is 0 Å². The Hall–Kier alpha value is -1.26. The minimum atomic E-state index is -0.989. The molecule has 5 heteroatoms. The average molecular weight is 216 g/mol. The van der Waals surface area contributed by atoms with E-state index >= 15 is 0 Å². The third-order valence-corrected chi connectivity index (χ3v) is 1.85. The Kier molecular flexibility index (Phi) is 6.49. The first-order valence-corrected chi connectivity index (χ1v) is 5.24. The first-order valence-electron chi connectivity index (χ1n) is 5.24. The number of carboxylic acid groups (broad SMARTS) is 1. The fourth-order valence-corrected chi connectivity index (χ4v) is 1.05. The minimum absolute atomic E-state index is 0.352. The Morgan fingerprint density at radius 2 is 1.93 bits per heavy atom. The van der Waals surface area contributed by atoms with E-state index in [2.05, 4.69) is 10.6 Å². The van der Waals surface area contributed by atoms with E-state index in [4.69, 9.17) is 5.11 Å². The lowest BCUT2D eigenvalue weighted by molar-refractivity contribution is -0.139. The SMILES string of the molecule is CCCC(NC(=O)NCC(C)C)C(=O)O. The number of rotatable bonds is 6. The molecule has 88 valence electrons. The second-order valence-corrected chi connectivity index (χ2v) is 3.93. The third kappa shape index (κ3) is 6.76. The number of carbonyl (C=O) groups excluding carboxylic acids is 1. The van der Waals surface area contributed by atoms with Gasteiger partial charge in [0.05, 0.1) is 0 Å². The maximum Gasteiger partial charge on any atom is 0.326 e. The van der Waals surface area contributed by atoms with Gasteiger partial charge in [0, 0.05) is 6.54 Å². The highest BCUT2D eigenvalue weighted by Gasteiger charge is 2.18. The molecule has 0 radical (unpaired) electrons. The zero-order chi connectivity index (χ0) is 11.8. The molecular formula is C10H20N2O3. The summed E-state index contributed by atoms with van der Waals surface area (Å²) in [6, 6.07) is -1.20. The van der Waals surface area contributed by atoms with Gasteiger partial charge in [-0.25, -0.2) is 9.59 Å². The van der Waals surface area contributed by atoms with Crippen LogP contribution in [0.1, 0.15) is 33.6 Å². The van der Waals surface area contributed by atoms with Crippen molar-refractivity contribution in [3.63, 3.8) is 0 Å². The van der Waals surface area contributed by atoms with E-state index in [1.54, 1.807) is 0 Å². The molecule has 0 bridgehead atoms. The van der Waals surface area contributed by atoms with Crippen LogP contribution >= 0.6 is 0 Å². The predicted octanol–water partition coefficient (Wildman–Crippen LogP) is 1.19. The number of aliphatic carboxylic acids is 1. The topological polar surface area (TPSA) is 78.4 Å². The molecule has 0 heterocycles. The van der Waals surface area contributed by atoms with E-state index in [0.717, 1.165) is 6.42 Å². The Bertz CT molecular complexity index is 217. The lowest BCUT2D eigenvalue weighted by atomic mass is 10.2. The van der Waals surface area contributed by atoms with Gasteiger partial charge in [-0.15, -0.1) is 0 Å². The first-order chi connectivity index (χ1) is 6.97. The van der Waals surface area contributed by atoms with E-state index in [1.807, 2.05) is 20.8 Å². The maximum atomic E-state index is 11.3. The summed E-state index contributed by atoms with van der Waals surface area (Å²) in [5.41, 5.74) is 0. The maximum absolute atomic E-state index is 11.3. The predicted molar refractivity (Wildman–Crippen MR) is 57.7 cm³/mol. The van der Waals surface area contributed by atoms with Gasteiger partial charge in [0.25, 0.3) is 0 Å². The van der Waals surface area contributed by atoms with Crippen LogP contribution in [-0.4, -0.2) is 29.7 Å². The summed E-state index contributed by atoms with van der Waals surface area (Å²) in [5, 5.41) is 13.8. The van der Waals surface area contributed by atoms with Crippen LogP contribution in [0.5, 0.6) is 0 Å². The summed E-state index contributed by atoms with van der Waals surface area (Å²) < 4.78 is 0. The molecule has 3 N–H and O–H groups in total. The van der Waals surface area contributed by atoms with Crippen LogP contribution in [0.2, 0.25) is 0 Å². The molecule has 0 aromatic heterocycles. The first kappa shape index (κ1) is 13.7. The van der Waals surface area contributed by atoms with Crippen LogP contribution < -0.4 is 10.6 Å². The molecule has 15 heavy (non-hydrogen) atoms. The monoisotopic (exact) mass is 216 g/mol. The van der Waals surface area contributed by atoms with Crippen LogP contribution in [-0.2, 0) is 4.79 Å². The molecule has 0 rings (SSSR count). The van der Waals surface area contributed by atoms with Gasteiger partial charge in [-0.05, 0) is 12.3 Å². The van der Waals surface area contributed by atoms with Gasteiger partial charge < -0.3 is 15.7 Å². The molecule has 0 saturated heterocycles. The van der Waals surface area contributed by atoms with Crippen molar-refractivity contribution in [1.82, 2.24) is 10.6 Å². The highest BCUT2D eigenvalue weighted by molar-refractivity contribution is 5.82. The van der Waals surface area contributed by atoms with Crippen molar-refractivity contribution in [2.75, 3.05) is 6.54 Å². The van der Waals surface area contributed by atoms with Crippen LogP contribution in [0, 0.1) is 5.92 Å². The molecule has 0 spiro atoms. The van der Waals surface area contributed by atoms with Crippen LogP contribution in [0.3, 0.4) is 0 Å². The van der Waals surface area contributed by atoms with E-state index < -0.39 is 18.0 Å². The average Bonchev–Trinajstić information content (AvgIpc) is 2.14. The van der Waals surface area contributed by atoms with E-state index in [1.165, 1.54) is 0 Å². The van der Waals surface area contributed by atoms with Crippen molar-refractivity contribution in [2.24, 2.45) is 5.92 Å². The zero-order valence-electron chi connectivity index (χ0n) is 9.54. The van der Waals surface area contributed by atoms with Gasteiger partial charge in [0.15, 0.2) is 0 Å². The third-order valence-electron chi connectivity index (χ3n) is 1.85. The highest BCUT2D eigenvalue weighted by atomic mass is 16.4. The fourth-order valence-electron chi connectivity index (χ4n) is 1.05. The second-order valence-electron chi connectivity index (χ2n) is 3.93. The smallest absolute Gasteiger partial charge is 0.326 e. The number of urea groups is 1. The molecule has 0 fully saturated rings. The molecule has 1 unspecified atom stereocenters. The summed E-state index contributed by atoms with van der Waals surface area (Å²) in [6.07, 6.45) is 1.17. The lowest BCUT2D eigenvalue weighted by Crippen LogP contribution is -2.46. The van der Waals surface area contributed by atoms with Crippen molar-refractivity contribution in [1.29, 1.82) is 0 Å². The van der Waals surface area contributed by atoms with Crippen molar-refractivity contribution in [3.05, 3.63) is 0 Å². The normalized spacial score (nSPS) is 12.3. The minimum Gasteiger partial charge on any atom is -0.480 e. The van der Waals surface area contributed by atoms with Crippen molar-refractivity contribution >= 4 is 12.0 Å². The molecule has 0 aliphatic rings. The lowest BCUT2D eigenvalue weighted by Gasteiger charge is -2.14. The number of carboxylic acids is 1. The van der Waals surface area contributed by atoms with Crippen molar-refractivity contribution in [3.8, 4) is 0 Å². The molecule has 2 amide bonds. The molecule has 0 aliphatic heterocycles. The highest BCUT2D eigenvalue weighted by Crippen LogP contribution is 1.96. The number of hydrogen-bond acceptors (Lipinski definition) is 2. The number of nitrogens with one attached hydrogen (secondary N) is 2. The summed E-state index contributed by atoms with van der Waals surface area (Å²) >= 11 is 0. The molecule has 5 nitrogen and oxygen atoms in total. The Morgan fingerprint density at radius 3 is 2.33 bits per heavy atom. The summed E-state index contributed by atoms with van der Waals surface area (Å²) in [7, 11) is 0. The number of amides is 2. The molecule has 0 aromatic carbocycles. The van der Waals surface area contributed by atoms with Crippen LogP contribution in [0.25, 0.3) is 0 Å². The van der Waals surface area contributed by atoms with Crippen molar-refractivity contribution in [2.45, 2.75) is 39.7 Å². The van der Waals surface area contributed by atoms with Crippen LogP contribution in [0.4, 0.5) is 4.79 Å². The Balaban J connectivity index is 3.94. The summed E-state index contributed by atoms with van der Waals surface area (Å²) in [4.78, 5) is 22.0. The van der Waals surface area contributed by atoms with Gasteiger partial charge in [-0.3, -0.25) is 0 Å². The Labute approximate surface area is 90.2 Å². The second kappa shape index (κ2) is 7.09. The van der Waals surface area contributed by atoms with Gasteiger partial charge in [0.2, 0.25) is 0 Å². The molecule has 0 saturated carbocycles. The number of carbonyl (C=O) groups is 2. The fraction of sp³-hybridized carbons (Fsp3) is 0.800. The Morgan fingerprint density at radius 1 is 1.33 bits per heavy atom. The molecule has 0 aromatic rings. The van der Waals surface area contributed by atoms with E-state index in [9.17, 15) is 9.59 Å². The van der Waals surface area contributed by atoms with Gasteiger partial charge in [-0.2, -0.15) is 0 Å². The summed E-state index contributed by atoms with van der Waals surface area (Å²) in [5.74, 6) is -0.637. The quantitative estimate of drug-likeness (QED) is 0.624. The molecular weight excluding hydrogens is 196 g/mol. The van der Waals surface area contributed by atoms with Gasteiger partial charge in [-0.1, -0.05) is 27.2 Å². The van der Waals surface area contributed by atoms with Crippen molar-refractivity contribution < 1.29 is 14.7 Å². The molecule has 0 aliphatic carbocycles. The number of hydrogen-bond donors (Lipinski definition) is 3. The standard InChI is InChI=1S/C10H20N2O3/c1-4-5-8(9(13)14)12-10(15)11-6-7(2)3/h7-8H,4-6H2,1-3H3,(H,13,14)(H2,11,12,15). The van der Waals surface area contributed by atoms with E-state index in [0.29, 0.717) is 18.9 Å². The summed E-state index contributed by atoms with van der Waals surface area (Å²) in [6.45, 7) is 6.37. The zero-order valence-corrected chi connectivity index (χ0v) is 9.54. The van der Waals surface area contributed by atoms with Gasteiger partial charge >= 0.3 is 12.0 Å². The largest absolute Gasteiger partial charge is 0.480 e. The van der Waals surface area contributed by atoms with Crippen LogP contribution in [0.15, 0.2) is 0 Å². The molecule has 1 atom stereocenters. The van der Waals surface area contributed by atoms with Gasteiger partial charge in [0.1, 0.15) is 6.04 Å².